The summed E-state index contributed by atoms with van der Waals surface area (Å²) in [6.45, 7) is 6.59. The predicted molar refractivity (Wildman–Crippen MR) is 59.5 cm³/mol. The Labute approximate surface area is 85.9 Å². The molecule has 0 spiro atoms. The van der Waals surface area contributed by atoms with Crippen molar-refractivity contribution in [3.05, 3.63) is 35.4 Å². The van der Waals surface area contributed by atoms with Crippen molar-refractivity contribution in [3.8, 4) is 0 Å². The smallest absolute Gasteiger partial charge is 0.0294 e. The third kappa shape index (κ3) is 2.47. The Balaban J connectivity index is 2.97. The summed E-state index contributed by atoms with van der Waals surface area (Å²) in [6, 6.07) is 8.49. The fourth-order valence-corrected chi connectivity index (χ4v) is 2.15. The molecule has 1 unspecified atom stereocenters. The highest BCUT2D eigenvalue weighted by Crippen LogP contribution is 2.27. The number of alkyl halides is 1. The Morgan fingerprint density at radius 1 is 1.23 bits per heavy atom. The molecule has 0 heterocycles. The molecular formula is C12H17Cl. The van der Waals surface area contributed by atoms with E-state index in [1.807, 2.05) is 0 Å². The molecule has 13 heavy (non-hydrogen) atoms. The second kappa shape index (κ2) is 4.66. The zero-order valence-electron chi connectivity index (χ0n) is 8.55. The highest BCUT2D eigenvalue weighted by atomic mass is 35.5. The molecule has 0 aliphatic heterocycles. The fraction of sp³-hybridized carbons (Fsp3) is 0.500. The monoisotopic (exact) mass is 196 g/mol. The van der Waals surface area contributed by atoms with Gasteiger partial charge in [-0.2, -0.15) is 0 Å². The summed E-state index contributed by atoms with van der Waals surface area (Å²) in [4.78, 5) is 0. The van der Waals surface area contributed by atoms with Crippen LogP contribution in [-0.4, -0.2) is 5.88 Å². The molecule has 0 amide bonds. The van der Waals surface area contributed by atoms with Crippen LogP contribution in [0.15, 0.2) is 24.3 Å². The summed E-state index contributed by atoms with van der Waals surface area (Å²) in [5, 5.41) is 0. The summed E-state index contributed by atoms with van der Waals surface area (Å²) >= 11 is 5.97. The van der Waals surface area contributed by atoms with Gasteiger partial charge in [-0.3, -0.25) is 0 Å². The normalized spacial score (nSPS) is 13.3. The first-order valence-electron chi connectivity index (χ1n) is 4.78. The molecule has 0 N–H and O–H groups in total. The predicted octanol–water partition coefficient (Wildman–Crippen LogP) is 3.97. The minimum atomic E-state index is 0.489. The quantitative estimate of drug-likeness (QED) is 0.642. The number of benzene rings is 1. The van der Waals surface area contributed by atoms with Crippen molar-refractivity contribution in [2.45, 2.75) is 26.7 Å². The molecule has 0 saturated heterocycles. The average Bonchev–Trinajstić information content (AvgIpc) is 2.09. The lowest BCUT2D eigenvalue weighted by atomic mass is 9.87. The van der Waals surface area contributed by atoms with Gasteiger partial charge in [0.25, 0.3) is 0 Å². The second-order valence-electron chi connectivity index (χ2n) is 3.86. The number of aryl methyl sites for hydroxylation is 1. The van der Waals surface area contributed by atoms with Gasteiger partial charge in [0, 0.05) is 5.88 Å². The van der Waals surface area contributed by atoms with Gasteiger partial charge in [-0.25, -0.2) is 0 Å². The highest BCUT2D eigenvalue weighted by Gasteiger charge is 2.15. The van der Waals surface area contributed by atoms with Crippen LogP contribution in [0.1, 0.15) is 30.9 Å². The first-order chi connectivity index (χ1) is 6.16. The maximum Gasteiger partial charge on any atom is 0.0294 e. The molecule has 0 aliphatic carbocycles. The van der Waals surface area contributed by atoms with Gasteiger partial charge >= 0.3 is 0 Å². The van der Waals surface area contributed by atoms with E-state index in [4.69, 9.17) is 11.6 Å². The minimum absolute atomic E-state index is 0.489. The van der Waals surface area contributed by atoms with Crippen molar-refractivity contribution < 1.29 is 0 Å². The van der Waals surface area contributed by atoms with Crippen molar-refractivity contribution in [3.63, 3.8) is 0 Å². The lowest BCUT2D eigenvalue weighted by Gasteiger charge is -2.20. The van der Waals surface area contributed by atoms with Crippen molar-refractivity contribution in [2.24, 2.45) is 5.92 Å². The molecule has 1 atom stereocenters. The van der Waals surface area contributed by atoms with Crippen LogP contribution in [0.4, 0.5) is 0 Å². The van der Waals surface area contributed by atoms with Crippen molar-refractivity contribution in [2.75, 3.05) is 5.88 Å². The van der Waals surface area contributed by atoms with Crippen molar-refractivity contribution >= 4 is 11.6 Å². The van der Waals surface area contributed by atoms with E-state index in [0.717, 1.165) is 0 Å². The third-order valence-electron chi connectivity index (χ3n) is 2.56. The minimum Gasteiger partial charge on any atom is -0.126 e. The Morgan fingerprint density at radius 2 is 1.85 bits per heavy atom. The van der Waals surface area contributed by atoms with E-state index in [-0.39, 0.29) is 0 Å². The summed E-state index contributed by atoms with van der Waals surface area (Å²) < 4.78 is 0. The molecule has 0 radical (unpaired) electrons. The molecule has 1 rings (SSSR count). The summed E-state index contributed by atoms with van der Waals surface area (Å²) in [6.07, 6.45) is 0. The molecule has 0 bridgehead atoms. The van der Waals surface area contributed by atoms with Gasteiger partial charge in [-0.05, 0) is 29.9 Å². The van der Waals surface area contributed by atoms with Gasteiger partial charge in [-0.1, -0.05) is 38.1 Å². The fourth-order valence-electron chi connectivity index (χ4n) is 1.62. The summed E-state index contributed by atoms with van der Waals surface area (Å²) in [5.74, 6) is 1.81. The Hall–Kier alpha value is -0.490. The molecule has 1 heteroatoms. The summed E-state index contributed by atoms with van der Waals surface area (Å²) in [7, 11) is 0. The summed E-state index contributed by atoms with van der Waals surface area (Å²) in [5.41, 5.74) is 2.74. The molecule has 0 fully saturated rings. The van der Waals surface area contributed by atoms with Crippen LogP contribution in [0.3, 0.4) is 0 Å². The molecule has 0 aliphatic rings. The van der Waals surface area contributed by atoms with E-state index < -0.39 is 0 Å². The van der Waals surface area contributed by atoms with Crippen LogP contribution >= 0.6 is 11.6 Å². The van der Waals surface area contributed by atoms with E-state index in [0.29, 0.717) is 17.7 Å². The van der Waals surface area contributed by atoms with Crippen molar-refractivity contribution in [1.82, 2.24) is 0 Å². The van der Waals surface area contributed by atoms with Crippen LogP contribution in [0.25, 0.3) is 0 Å². The number of halogens is 1. The first-order valence-corrected chi connectivity index (χ1v) is 5.31. The molecule has 1 aromatic carbocycles. The Kier molecular flexibility index (Phi) is 3.80. The van der Waals surface area contributed by atoms with Crippen LogP contribution in [0.5, 0.6) is 0 Å². The molecule has 1 aromatic rings. The number of hydrogen-bond acceptors (Lipinski definition) is 0. The lowest BCUT2D eigenvalue weighted by Crippen LogP contribution is -2.09. The lowest BCUT2D eigenvalue weighted by molar-refractivity contribution is 0.537. The maximum absolute atomic E-state index is 5.97. The van der Waals surface area contributed by atoms with Gasteiger partial charge in [0.05, 0.1) is 0 Å². The number of hydrogen-bond donors (Lipinski definition) is 0. The molecule has 0 saturated carbocycles. The van der Waals surface area contributed by atoms with Gasteiger partial charge in [0.2, 0.25) is 0 Å². The second-order valence-corrected chi connectivity index (χ2v) is 4.17. The third-order valence-corrected chi connectivity index (χ3v) is 2.89. The van der Waals surface area contributed by atoms with Crippen LogP contribution < -0.4 is 0 Å². The topological polar surface area (TPSA) is 0 Å². The van der Waals surface area contributed by atoms with Gasteiger partial charge in [0.1, 0.15) is 0 Å². The Morgan fingerprint density at radius 3 is 2.31 bits per heavy atom. The van der Waals surface area contributed by atoms with E-state index in [1.165, 1.54) is 11.1 Å². The molecule has 0 nitrogen and oxygen atoms in total. The standard InChI is InChI=1S/C12H17Cl/c1-9(2)12(8-13)11-7-5-4-6-10(11)3/h4-7,9,12H,8H2,1-3H3. The Bertz CT molecular complexity index is 266. The largest absolute Gasteiger partial charge is 0.126 e. The first kappa shape index (κ1) is 10.6. The van der Waals surface area contributed by atoms with E-state index in [2.05, 4.69) is 45.0 Å². The van der Waals surface area contributed by atoms with Gasteiger partial charge < -0.3 is 0 Å². The maximum atomic E-state index is 5.97. The van der Waals surface area contributed by atoms with Crippen LogP contribution in [-0.2, 0) is 0 Å². The van der Waals surface area contributed by atoms with E-state index >= 15 is 0 Å². The van der Waals surface area contributed by atoms with Gasteiger partial charge in [0.15, 0.2) is 0 Å². The van der Waals surface area contributed by atoms with E-state index in [9.17, 15) is 0 Å². The molecule has 0 aromatic heterocycles. The van der Waals surface area contributed by atoms with E-state index in [1.54, 1.807) is 0 Å². The molecular weight excluding hydrogens is 180 g/mol. The number of rotatable bonds is 3. The SMILES string of the molecule is Cc1ccccc1C(CCl)C(C)C. The zero-order chi connectivity index (χ0) is 9.84. The average molecular weight is 197 g/mol. The zero-order valence-corrected chi connectivity index (χ0v) is 9.31. The van der Waals surface area contributed by atoms with Crippen LogP contribution in [0.2, 0.25) is 0 Å². The highest BCUT2D eigenvalue weighted by molar-refractivity contribution is 6.18. The van der Waals surface area contributed by atoms with Crippen molar-refractivity contribution in [1.29, 1.82) is 0 Å². The van der Waals surface area contributed by atoms with Gasteiger partial charge in [-0.15, -0.1) is 11.6 Å². The molecule has 72 valence electrons. The van der Waals surface area contributed by atoms with Crippen LogP contribution in [0, 0.1) is 12.8 Å².